The van der Waals surface area contributed by atoms with Crippen molar-refractivity contribution < 1.29 is 4.79 Å². The predicted molar refractivity (Wildman–Crippen MR) is 88.3 cm³/mol. The molecule has 0 unspecified atom stereocenters. The summed E-state index contributed by atoms with van der Waals surface area (Å²) >= 11 is 0. The lowest BCUT2D eigenvalue weighted by atomic mass is 9.95. The summed E-state index contributed by atoms with van der Waals surface area (Å²) in [6.45, 7) is 0.774. The first-order valence-electron chi connectivity index (χ1n) is 8.21. The highest BCUT2D eigenvalue weighted by atomic mass is 35.5. The van der Waals surface area contributed by atoms with Crippen LogP contribution >= 0.6 is 12.4 Å². The zero-order valence-corrected chi connectivity index (χ0v) is 13.9. The highest BCUT2D eigenvalue weighted by Gasteiger charge is 2.19. The summed E-state index contributed by atoms with van der Waals surface area (Å²) in [6.07, 6.45) is 14.2. The molecule has 0 spiro atoms. The molecule has 4 heteroatoms. The Labute approximate surface area is 131 Å². The van der Waals surface area contributed by atoms with Gasteiger partial charge in [0, 0.05) is 19.5 Å². The molecule has 0 atom stereocenters. The monoisotopic (exact) mass is 304 g/mol. The topological polar surface area (TPSA) is 46.3 Å². The fraction of sp³-hybridized carbons (Fsp3) is 0.938. The summed E-state index contributed by atoms with van der Waals surface area (Å²) in [5, 5.41) is 0. The summed E-state index contributed by atoms with van der Waals surface area (Å²) < 4.78 is 0. The summed E-state index contributed by atoms with van der Waals surface area (Å²) in [7, 11) is 2.01. The maximum Gasteiger partial charge on any atom is 0.222 e. The van der Waals surface area contributed by atoms with Crippen molar-refractivity contribution in [1.82, 2.24) is 4.90 Å². The largest absolute Gasteiger partial charge is 0.343 e. The van der Waals surface area contributed by atoms with Crippen LogP contribution in [0.2, 0.25) is 0 Å². The highest BCUT2D eigenvalue weighted by Crippen LogP contribution is 2.21. The molecule has 1 amide bonds. The molecule has 1 rings (SSSR count). The third-order valence-corrected chi connectivity index (χ3v) is 4.36. The Morgan fingerprint density at radius 2 is 1.55 bits per heavy atom. The van der Waals surface area contributed by atoms with E-state index in [1.165, 1.54) is 44.9 Å². The summed E-state index contributed by atoms with van der Waals surface area (Å²) in [5.74, 6) is 0.346. The molecule has 0 aliphatic heterocycles. The van der Waals surface area contributed by atoms with Crippen LogP contribution in [-0.4, -0.2) is 30.4 Å². The van der Waals surface area contributed by atoms with Gasteiger partial charge in [-0.15, -0.1) is 12.4 Å². The number of nitrogens with zero attached hydrogens (tertiary/aromatic N) is 1. The zero-order chi connectivity index (χ0) is 13.9. The lowest BCUT2D eigenvalue weighted by Crippen LogP contribution is -2.37. The molecule has 120 valence electrons. The average Bonchev–Trinajstić information content (AvgIpc) is 2.37. The molecule has 1 fully saturated rings. The minimum atomic E-state index is 0. The van der Waals surface area contributed by atoms with Gasteiger partial charge in [0.05, 0.1) is 0 Å². The molecule has 0 aromatic heterocycles. The number of carbonyl (C=O) groups is 1. The number of hydrogen-bond donors (Lipinski definition) is 1. The molecule has 20 heavy (non-hydrogen) atoms. The van der Waals surface area contributed by atoms with Crippen molar-refractivity contribution in [3.8, 4) is 0 Å². The Kier molecular flexibility index (Phi) is 12.3. The van der Waals surface area contributed by atoms with Crippen LogP contribution in [0.15, 0.2) is 0 Å². The van der Waals surface area contributed by atoms with Crippen molar-refractivity contribution in [2.75, 3.05) is 13.6 Å². The fourth-order valence-corrected chi connectivity index (χ4v) is 2.98. The molecule has 0 radical (unpaired) electrons. The van der Waals surface area contributed by atoms with E-state index in [9.17, 15) is 4.79 Å². The summed E-state index contributed by atoms with van der Waals surface area (Å²) in [5.41, 5.74) is 5.47. The molecule has 2 N–H and O–H groups in total. The number of hydrogen-bond acceptors (Lipinski definition) is 2. The second-order valence-electron chi connectivity index (χ2n) is 5.96. The molecule has 1 aliphatic carbocycles. The summed E-state index contributed by atoms with van der Waals surface area (Å²) in [4.78, 5) is 14.2. The van der Waals surface area contributed by atoms with E-state index in [0.29, 0.717) is 11.9 Å². The first-order chi connectivity index (χ1) is 9.25. The lowest BCUT2D eigenvalue weighted by molar-refractivity contribution is -0.132. The minimum absolute atomic E-state index is 0. The molecule has 0 bridgehead atoms. The van der Waals surface area contributed by atoms with Gasteiger partial charge in [0.15, 0.2) is 0 Å². The smallest absolute Gasteiger partial charge is 0.222 e. The van der Waals surface area contributed by atoms with E-state index < -0.39 is 0 Å². The van der Waals surface area contributed by atoms with Crippen molar-refractivity contribution in [2.45, 2.75) is 83.1 Å². The molecule has 1 aliphatic rings. The van der Waals surface area contributed by atoms with Gasteiger partial charge in [-0.2, -0.15) is 0 Å². The Hall–Kier alpha value is -0.280. The van der Waals surface area contributed by atoms with E-state index in [-0.39, 0.29) is 12.4 Å². The van der Waals surface area contributed by atoms with Crippen LogP contribution in [0.25, 0.3) is 0 Å². The Morgan fingerprint density at radius 3 is 2.15 bits per heavy atom. The number of unbranched alkanes of at least 4 members (excludes halogenated alkanes) is 3. The maximum atomic E-state index is 12.2. The number of carbonyl (C=O) groups excluding carboxylic acids is 1. The SMILES string of the molecule is CN(C(=O)CCCCCCN)C1CCCCCCC1.Cl. The molecule has 0 heterocycles. The fourth-order valence-electron chi connectivity index (χ4n) is 2.98. The number of halogens is 1. The molecule has 0 aromatic carbocycles. The van der Waals surface area contributed by atoms with Crippen LogP contribution in [0.4, 0.5) is 0 Å². The van der Waals surface area contributed by atoms with E-state index in [1.54, 1.807) is 0 Å². The normalized spacial score (nSPS) is 16.9. The van der Waals surface area contributed by atoms with Gasteiger partial charge in [-0.3, -0.25) is 4.79 Å². The second-order valence-corrected chi connectivity index (χ2v) is 5.96. The average molecular weight is 305 g/mol. The van der Waals surface area contributed by atoms with Crippen molar-refractivity contribution in [3.05, 3.63) is 0 Å². The summed E-state index contributed by atoms with van der Waals surface area (Å²) in [6, 6.07) is 0.497. The van der Waals surface area contributed by atoms with Crippen molar-refractivity contribution in [2.24, 2.45) is 5.73 Å². The molecular formula is C16H33ClN2O. The van der Waals surface area contributed by atoms with E-state index >= 15 is 0 Å². The van der Waals surface area contributed by atoms with Crippen LogP contribution in [0.5, 0.6) is 0 Å². The maximum absolute atomic E-state index is 12.2. The van der Waals surface area contributed by atoms with Gasteiger partial charge >= 0.3 is 0 Å². The number of amides is 1. The Bertz CT molecular complexity index is 241. The minimum Gasteiger partial charge on any atom is -0.343 e. The van der Waals surface area contributed by atoms with E-state index in [4.69, 9.17) is 5.73 Å². The van der Waals surface area contributed by atoms with Crippen LogP contribution in [0, 0.1) is 0 Å². The highest BCUT2D eigenvalue weighted by molar-refractivity contribution is 5.85. The first-order valence-corrected chi connectivity index (χ1v) is 8.21. The Balaban J connectivity index is 0.00000361. The van der Waals surface area contributed by atoms with Crippen molar-refractivity contribution in [3.63, 3.8) is 0 Å². The molecule has 3 nitrogen and oxygen atoms in total. The third kappa shape index (κ3) is 8.11. The van der Waals surface area contributed by atoms with Gasteiger partial charge in [-0.25, -0.2) is 0 Å². The lowest BCUT2D eigenvalue weighted by Gasteiger charge is -2.30. The van der Waals surface area contributed by atoms with Gasteiger partial charge in [0.1, 0.15) is 0 Å². The van der Waals surface area contributed by atoms with Gasteiger partial charge in [-0.05, 0) is 32.2 Å². The van der Waals surface area contributed by atoms with Crippen molar-refractivity contribution >= 4 is 18.3 Å². The predicted octanol–water partition coefficient (Wildman–Crippen LogP) is 3.89. The van der Waals surface area contributed by atoms with E-state index in [2.05, 4.69) is 0 Å². The molecule has 0 aromatic rings. The standard InChI is InChI=1S/C16H32N2O.ClH/c1-18(15-11-7-3-2-4-8-12-15)16(19)13-9-5-6-10-14-17;/h15H,2-14,17H2,1H3;1H. The van der Waals surface area contributed by atoms with E-state index in [1.807, 2.05) is 11.9 Å². The van der Waals surface area contributed by atoms with E-state index in [0.717, 1.165) is 38.6 Å². The zero-order valence-electron chi connectivity index (χ0n) is 13.1. The van der Waals surface area contributed by atoms with Crippen molar-refractivity contribution in [1.29, 1.82) is 0 Å². The quantitative estimate of drug-likeness (QED) is 0.725. The molecule has 0 saturated heterocycles. The molecule has 1 saturated carbocycles. The Morgan fingerprint density at radius 1 is 1.00 bits per heavy atom. The van der Waals surface area contributed by atoms with Crippen LogP contribution in [0.1, 0.15) is 77.0 Å². The molecular weight excluding hydrogens is 272 g/mol. The first kappa shape index (κ1) is 19.7. The van der Waals surface area contributed by atoms with Gasteiger partial charge < -0.3 is 10.6 Å². The van der Waals surface area contributed by atoms with Gasteiger partial charge in [-0.1, -0.05) is 44.9 Å². The number of nitrogens with two attached hydrogens (primary N) is 1. The van der Waals surface area contributed by atoms with Crippen LogP contribution in [-0.2, 0) is 4.79 Å². The van der Waals surface area contributed by atoms with Crippen LogP contribution < -0.4 is 5.73 Å². The number of rotatable bonds is 7. The van der Waals surface area contributed by atoms with Crippen LogP contribution in [0.3, 0.4) is 0 Å². The third-order valence-electron chi connectivity index (χ3n) is 4.36. The van der Waals surface area contributed by atoms with Gasteiger partial charge in [0.25, 0.3) is 0 Å². The second kappa shape index (κ2) is 12.5. The van der Waals surface area contributed by atoms with Gasteiger partial charge in [0.2, 0.25) is 5.91 Å².